The Bertz CT molecular complexity index is 419. The summed E-state index contributed by atoms with van der Waals surface area (Å²) < 4.78 is 5.27. The number of nitrogens with zero attached hydrogens (tertiary/aromatic N) is 2. The molecule has 1 saturated heterocycles. The Balaban J connectivity index is 2.01. The fraction of sp³-hybridized carbons (Fsp3) is 0.538. The molecule has 1 N–H and O–H groups in total. The van der Waals surface area contributed by atoms with Gasteiger partial charge in [-0.2, -0.15) is 0 Å². The summed E-state index contributed by atoms with van der Waals surface area (Å²) in [6, 6.07) is 3.90. The lowest BCUT2D eigenvalue weighted by Gasteiger charge is -2.25. The highest BCUT2D eigenvalue weighted by atomic mass is 16.5. The second kappa shape index (κ2) is 5.46. The summed E-state index contributed by atoms with van der Waals surface area (Å²) in [5.41, 5.74) is 2.06. The molecule has 1 fully saturated rings. The van der Waals surface area contributed by atoms with Gasteiger partial charge in [0.2, 0.25) is 0 Å². The predicted molar refractivity (Wildman–Crippen MR) is 66.2 cm³/mol. The average Bonchev–Trinajstić information content (AvgIpc) is 2.81. The summed E-state index contributed by atoms with van der Waals surface area (Å²) in [6.07, 6.45) is 1.82. The van der Waals surface area contributed by atoms with E-state index in [1.54, 1.807) is 0 Å². The molecule has 5 heteroatoms. The Hall–Kier alpha value is -1.46. The summed E-state index contributed by atoms with van der Waals surface area (Å²) >= 11 is 0. The van der Waals surface area contributed by atoms with Crippen molar-refractivity contribution in [2.45, 2.75) is 19.5 Å². The van der Waals surface area contributed by atoms with Crippen molar-refractivity contribution in [3.05, 3.63) is 29.6 Å². The molecule has 0 radical (unpaired) electrons. The minimum absolute atomic E-state index is 0.0781. The molecule has 0 aromatic carbocycles. The monoisotopic (exact) mass is 250 g/mol. The zero-order valence-electron chi connectivity index (χ0n) is 10.7. The number of pyridine rings is 1. The Morgan fingerprint density at radius 3 is 2.94 bits per heavy atom. The van der Waals surface area contributed by atoms with Crippen molar-refractivity contribution in [1.82, 2.24) is 9.88 Å². The van der Waals surface area contributed by atoms with Crippen LogP contribution in [0.3, 0.4) is 0 Å². The fourth-order valence-corrected chi connectivity index (χ4v) is 2.18. The Morgan fingerprint density at radius 2 is 2.33 bits per heavy atom. The third kappa shape index (κ3) is 2.86. The number of hydrogen-bond donors (Lipinski definition) is 1. The van der Waals surface area contributed by atoms with Crippen molar-refractivity contribution in [3.8, 4) is 0 Å². The van der Waals surface area contributed by atoms with Crippen LogP contribution in [0.4, 0.5) is 0 Å². The van der Waals surface area contributed by atoms with Crippen molar-refractivity contribution in [3.63, 3.8) is 0 Å². The molecule has 1 aromatic rings. The average molecular weight is 250 g/mol. The molecule has 1 aliphatic rings. The van der Waals surface area contributed by atoms with Gasteiger partial charge in [0.1, 0.15) is 0 Å². The molecular weight excluding hydrogens is 232 g/mol. The molecule has 0 saturated carbocycles. The van der Waals surface area contributed by atoms with E-state index >= 15 is 0 Å². The normalized spacial score (nSPS) is 23.5. The third-order valence-corrected chi connectivity index (χ3v) is 3.32. The van der Waals surface area contributed by atoms with E-state index in [4.69, 9.17) is 9.84 Å². The molecule has 2 unspecified atom stereocenters. The van der Waals surface area contributed by atoms with Gasteiger partial charge in [0.05, 0.1) is 24.8 Å². The largest absolute Gasteiger partial charge is 0.481 e. The smallest absolute Gasteiger partial charge is 0.310 e. The first-order valence-corrected chi connectivity index (χ1v) is 6.00. The van der Waals surface area contributed by atoms with Crippen LogP contribution in [-0.2, 0) is 16.1 Å². The topological polar surface area (TPSA) is 62.7 Å². The van der Waals surface area contributed by atoms with Gasteiger partial charge in [-0.3, -0.25) is 14.7 Å². The van der Waals surface area contributed by atoms with E-state index < -0.39 is 11.9 Å². The molecule has 2 heterocycles. The molecule has 18 heavy (non-hydrogen) atoms. The third-order valence-electron chi connectivity index (χ3n) is 3.32. The number of aryl methyl sites for hydroxylation is 1. The van der Waals surface area contributed by atoms with Crippen LogP contribution in [0.5, 0.6) is 0 Å². The molecule has 2 rings (SSSR count). The van der Waals surface area contributed by atoms with E-state index in [2.05, 4.69) is 4.98 Å². The summed E-state index contributed by atoms with van der Waals surface area (Å²) in [7, 11) is 1.91. The van der Waals surface area contributed by atoms with Crippen molar-refractivity contribution < 1.29 is 14.6 Å². The first-order chi connectivity index (χ1) is 8.58. The first kappa shape index (κ1) is 13.0. The SMILES string of the molecule is Cc1ccc(CN(C)C2COCC2C(=O)O)nc1. The van der Waals surface area contributed by atoms with Gasteiger partial charge in [-0.25, -0.2) is 0 Å². The maximum atomic E-state index is 11.1. The van der Waals surface area contributed by atoms with Gasteiger partial charge >= 0.3 is 5.97 Å². The highest BCUT2D eigenvalue weighted by Gasteiger charge is 2.36. The van der Waals surface area contributed by atoms with Crippen molar-refractivity contribution in [1.29, 1.82) is 0 Å². The zero-order valence-corrected chi connectivity index (χ0v) is 10.7. The van der Waals surface area contributed by atoms with Crippen molar-refractivity contribution in [2.24, 2.45) is 5.92 Å². The van der Waals surface area contributed by atoms with Gasteiger partial charge < -0.3 is 9.84 Å². The number of likely N-dealkylation sites (N-methyl/N-ethyl adjacent to an activating group) is 1. The van der Waals surface area contributed by atoms with Gasteiger partial charge in [-0.1, -0.05) is 6.07 Å². The second-order valence-electron chi connectivity index (χ2n) is 4.79. The Labute approximate surface area is 106 Å². The first-order valence-electron chi connectivity index (χ1n) is 6.00. The van der Waals surface area contributed by atoms with E-state index in [1.807, 2.05) is 37.2 Å². The number of aliphatic carboxylic acids is 1. The molecule has 1 aromatic heterocycles. The summed E-state index contributed by atoms with van der Waals surface area (Å²) in [6.45, 7) is 3.40. The van der Waals surface area contributed by atoms with Crippen LogP contribution in [0.15, 0.2) is 18.3 Å². The van der Waals surface area contributed by atoms with E-state index in [9.17, 15) is 4.79 Å². The van der Waals surface area contributed by atoms with Crippen molar-refractivity contribution >= 4 is 5.97 Å². The standard InChI is InChI=1S/C13H18N2O3/c1-9-3-4-10(14-5-9)6-15(2)12-8-18-7-11(12)13(16)17/h3-5,11-12H,6-8H2,1-2H3,(H,16,17). The van der Waals surface area contributed by atoms with Crippen LogP contribution in [0.1, 0.15) is 11.3 Å². The highest BCUT2D eigenvalue weighted by molar-refractivity contribution is 5.71. The number of rotatable bonds is 4. The fourth-order valence-electron chi connectivity index (χ4n) is 2.18. The summed E-state index contributed by atoms with van der Waals surface area (Å²) in [5, 5.41) is 9.11. The van der Waals surface area contributed by atoms with E-state index in [0.29, 0.717) is 19.8 Å². The minimum atomic E-state index is -0.791. The van der Waals surface area contributed by atoms with Crippen LogP contribution in [0.25, 0.3) is 0 Å². The lowest BCUT2D eigenvalue weighted by molar-refractivity contribution is -0.143. The van der Waals surface area contributed by atoms with Gasteiger partial charge in [0.15, 0.2) is 0 Å². The van der Waals surface area contributed by atoms with Gasteiger partial charge in [0.25, 0.3) is 0 Å². The van der Waals surface area contributed by atoms with Crippen LogP contribution in [0.2, 0.25) is 0 Å². The van der Waals surface area contributed by atoms with Crippen LogP contribution in [-0.4, -0.2) is 47.3 Å². The number of ether oxygens (including phenoxy) is 1. The second-order valence-corrected chi connectivity index (χ2v) is 4.79. The lowest BCUT2D eigenvalue weighted by atomic mass is 10.0. The van der Waals surface area contributed by atoms with E-state index in [1.165, 1.54) is 0 Å². The predicted octanol–water partition coefficient (Wildman–Crippen LogP) is 0.921. The molecule has 0 spiro atoms. The molecule has 2 atom stereocenters. The van der Waals surface area contributed by atoms with Gasteiger partial charge in [-0.15, -0.1) is 0 Å². The maximum Gasteiger partial charge on any atom is 0.310 e. The summed E-state index contributed by atoms with van der Waals surface area (Å²) in [4.78, 5) is 17.4. The van der Waals surface area contributed by atoms with E-state index in [-0.39, 0.29) is 6.04 Å². The van der Waals surface area contributed by atoms with Gasteiger partial charge in [0, 0.05) is 18.8 Å². The maximum absolute atomic E-state index is 11.1. The number of aromatic nitrogens is 1. The quantitative estimate of drug-likeness (QED) is 0.861. The van der Waals surface area contributed by atoms with Crippen LogP contribution in [0, 0.1) is 12.8 Å². The van der Waals surface area contributed by atoms with E-state index in [0.717, 1.165) is 11.3 Å². The highest BCUT2D eigenvalue weighted by Crippen LogP contribution is 2.20. The number of carboxylic acid groups (broad SMARTS) is 1. The molecule has 1 aliphatic heterocycles. The Morgan fingerprint density at radius 1 is 1.56 bits per heavy atom. The van der Waals surface area contributed by atoms with Crippen molar-refractivity contribution in [2.75, 3.05) is 20.3 Å². The number of carboxylic acids is 1. The molecule has 98 valence electrons. The number of hydrogen-bond acceptors (Lipinski definition) is 4. The summed E-state index contributed by atoms with van der Waals surface area (Å²) in [5.74, 6) is -1.23. The zero-order chi connectivity index (χ0) is 13.1. The molecule has 5 nitrogen and oxygen atoms in total. The van der Waals surface area contributed by atoms with Crippen LogP contribution >= 0.6 is 0 Å². The molecule has 0 aliphatic carbocycles. The molecule has 0 amide bonds. The minimum Gasteiger partial charge on any atom is -0.481 e. The van der Waals surface area contributed by atoms with Crippen LogP contribution < -0.4 is 0 Å². The lowest BCUT2D eigenvalue weighted by Crippen LogP contribution is -2.40. The molecular formula is C13H18N2O3. The van der Waals surface area contributed by atoms with Gasteiger partial charge in [-0.05, 0) is 25.6 Å². The number of carbonyl (C=O) groups is 1. The Kier molecular flexibility index (Phi) is 3.93. The molecule has 0 bridgehead atoms.